The van der Waals surface area contributed by atoms with E-state index in [-0.39, 0.29) is 21.1 Å². The highest BCUT2D eigenvalue weighted by atomic mass is 32.1. The van der Waals surface area contributed by atoms with E-state index in [4.69, 9.17) is 23.7 Å². The van der Waals surface area contributed by atoms with Gasteiger partial charge in [0.2, 0.25) is 0 Å². The van der Waals surface area contributed by atoms with Crippen LogP contribution in [-0.2, 0) is 14.3 Å². The number of aliphatic hydroxyl groups excluding tert-OH is 1. The second-order valence-corrected chi connectivity index (χ2v) is 11.3. The van der Waals surface area contributed by atoms with E-state index >= 15 is 0 Å². The number of carbonyl (C=O) groups excluding carboxylic acids is 3. The lowest BCUT2D eigenvalue weighted by Gasteiger charge is -2.24. The molecule has 11 nitrogen and oxygen atoms in total. The lowest BCUT2D eigenvalue weighted by atomic mass is 9.95. The number of rotatable bonds is 9. The van der Waals surface area contributed by atoms with Crippen LogP contribution in [0, 0.1) is 12.8 Å². The molecule has 226 valence electrons. The first-order chi connectivity index (χ1) is 20.6. The largest absolute Gasteiger partial charge is 0.507 e. The number of aliphatic hydroxyl groups is 1. The molecule has 5 rings (SSSR count). The Morgan fingerprint density at radius 2 is 1.84 bits per heavy atom. The van der Waals surface area contributed by atoms with Crippen molar-refractivity contribution >= 4 is 39.9 Å². The molecule has 1 amide bonds. The van der Waals surface area contributed by atoms with E-state index in [1.165, 1.54) is 19.1 Å². The standard InChI is InChI=1S/C31H32N2O9S/c1-16(2)10-11-40-20-8-6-18(14-22(20)38-4)25-24(26(34)19-7-9-21-23(15-19)42-13-12-41-21)27(35)29(36)33(25)31-32-17(3)28(43-31)30(37)39-5/h6-9,14-16,25,34H,10-13H2,1-5H3/b26-24+. The highest BCUT2D eigenvalue weighted by molar-refractivity contribution is 7.17. The van der Waals surface area contributed by atoms with Gasteiger partial charge in [0.15, 0.2) is 28.1 Å². The Balaban J connectivity index is 1.65. The van der Waals surface area contributed by atoms with Gasteiger partial charge in [-0.05, 0) is 55.2 Å². The van der Waals surface area contributed by atoms with Crippen LogP contribution in [0.4, 0.5) is 5.13 Å². The van der Waals surface area contributed by atoms with Crippen LogP contribution >= 0.6 is 11.3 Å². The first-order valence-corrected chi connectivity index (χ1v) is 14.5. The Kier molecular flexibility index (Phi) is 8.58. The van der Waals surface area contributed by atoms with Crippen molar-refractivity contribution in [2.24, 2.45) is 5.92 Å². The van der Waals surface area contributed by atoms with E-state index in [0.29, 0.717) is 60.0 Å². The topological polar surface area (TPSA) is 134 Å². The summed E-state index contributed by atoms with van der Waals surface area (Å²) in [4.78, 5) is 45.5. The Labute approximate surface area is 252 Å². The number of aromatic nitrogens is 1. The summed E-state index contributed by atoms with van der Waals surface area (Å²) in [6, 6.07) is 8.73. The van der Waals surface area contributed by atoms with Gasteiger partial charge in [0.25, 0.3) is 5.78 Å². The third-order valence-electron chi connectivity index (χ3n) is 7.08. The highest BCUT2D eigenvalue weighted by Crippen LogP contribution is 2.46. The summed E-state index contributed by atoms with van der Waals surface area (Å²) in [5, 5.41) is 11.7. The molecule has 0 saturated carbocycles. The SMILES string of the molecule is COC(=O)c1sc(N2C(=O)C(=O)/C(=C(/O)c3ccc4c(c3)OCCO4)C2c2ccc(OCCC(C)C)c(OC)c2)nc1C. The normalized spacial score (nSPS) is 17.3. The molecule has 0 spiro atoms. The molecule has 1 unspecified atom stereocenters. The van der Waals surface area contributed by atoms with E-state index in [9.17, 15) is 19.5 Å². The summed E-state index contributed by atoms with van der Waals surface area (Å²) >= 11 is 0.919. The number of thiazole rings is 1. The van der Waals surface area contributed by atoms with Crippen LogP contribution < -0.4 is 23.8 Å². The van der Waals surface area contributed by atoms with Crippen molar-refractivity contribution in [3.05, 3.63) is 63.7 Å². The van der Waals surface area contributed by atoms with Crippen molar-refractivity contribution in [2.45, 2.75) is 33.2 Å². The number of methoxy groups -OCH3 is 2. The van der Waals surface area contributed by atoms with Crippen LogP contribution in [0.15, 0.2) is 42.0 Å². The van der Waals surface area contributed by atoms with Gasteiger partial charge >= 0.3 is 11.9 Å². The highest BCUT2D eigenvalue weighted by Gasteiger charge is 2.48. The first-order valence-electron chi connectivity index (χ1n) is 13.7. The predicted molar refractivity (Wildman–Crippen MR) is 158 cm³/mol. The number of esters is 1. The van der Waals surface area contributed by atoms with Gasteiger partial charge in [-0.2, -0.15) is 0 Å². The second kappa shape index (κ2) is 12.3. The van der Waals surface area contributed by atoms with E-state index in [2.05, 4.69) is 18.8 Å². The summed E-state index contributed by atoms with van der Waals surface area (Å²) in [5.41, 5.74) is 0.896. The van der Waals surface area contributed by atoms with Crippen LogP contribution in [0.3, 0.4) is 0 Å². The zero-order chi connectivity index (χ0) is 30.8. The molecular formula is C31H32N2O9S. The van der Waals surface area contributed by atoms with Crippen molar-refractivity contribution in [3.63, 3.8) is 0 Å². The van der Waals surface area contributed by atoms with Gasteiger partial charge in [0.1, 0.15) is 23.9 Å². The number of amides is 1. The Bertz CT molecular complexity index is 1610. The number of benzene rings is 2. The van der Waals surface area contributed by atoms with E-state index in [0.717, 1.165) is 17.8 Å². The third-order valence-corrected chi connectivity index (χ3v) is 8.22. The molecule has 2 aromatic carbocycles. The minimum Gasteiger partial charge on any atom is -0.507 e. The summed E-state index contributed by atoms with van der Waals surface area (Å²) in [6.45, 7) is 7.01. The van der Waals surface area contributed by atoms with Crippen LogP contribution in [0.25, 0.3) is 5.76 Å². The Hall–Kier alpha value is -4.58. The van der Waals surface area contributed by atoms with Gasteiger partial charge in [-0.1, -0.05) is 31.3 Å². The van der Waals surface area contributed by atoms with Crippen LogP contribution in [0.1, 0.15) is 52.8 Å². The van der Waals surface area contributed by atoms with Gasteiger partial charge in [0, 0.05) is 5.56 Å². The predicted octanol–water partition coefficient (Wildman–Crippen LogP) is 5.07. The lowest BCUT2D eigenvalue weighted by Crippen LogP contribution is -2.29. The third kappa shape index (κ3) is 5.74. The molecule has 3 aromatic rings. The Morgan fingerprint density at radius 3 is 2.53 bits per heavy atom. The fraction of sp³-hybridized carbons (Fsp3) is 0.355. The molecule has 0 bridgehead atoms. The first kappa shape index (κ1) is 29.9. The number of fused-ring (bicyclic) bond motifs is 1. The number of carbonyl (C=O) groups is 3. The average molecular weight is 609 g/mol. The number of hydrogen-bond donors (Lipinski definition) is 1. The number of ether oxygens (including phenoxy) is 5. The van der Waals surface area contributed by atoms with E-state index in [1.54, 1.807) is 43.3 Å². The monoisotopic (exact) mass is 608 g/mol. The maximum Gasteiger partial charge on any atom is 0.350 e. The maximum atomic E-state index is 13.6. The molecule has 1 N–H and O–H groups in total. The van der Waals surface area contributed by atoms with E-state index in [1.807, 2.05) is 0 Å². The molecule has 1 aromatic heterocycles. The van der Waals surface area contributed by atoms with Crippen LogP contribution in [0.2, 0.25) is 0 Å². The smallest absolute Gasteiger partial charge is 0.350 e. The number of Topliss-reactive ketones (excluding diaryl/α,β-unsaturated/α-hetero) is 1. The van der Waals surface area contributed by atoms with Crippen molar-refractivity contribution in [1.29, 1.82) is 0 Å². The molecular weight excluding hydrogens is 576 g/mol. The summed E-state index contributed by atoms with van der Waals surface area (Å²) in [7, 11) is 2.74. The molecule has 12 heteroatoms. The zero-order valence-electron chi connectivity index (χ0n) is 24.5. The van der Waals surface area contributed by atoms with Crippen LogP contribution in [0.5, 0.6) is 23.0 Å². The van der Waals surface area contributed by atoms with Gasteiger partial charge in [-0.25, -0.2) is 9.78 Å². The fourth-order valence-corrected chi connectivity index (χ4v) is 5.85. The number of nitrogens with zero attached hydrogens (tertiary/aromatic N) is 2. The zero-order valence-corrected chi connectivity index (χ0v) is 25.3. The second-order valence-electron chi connectivity index (χ2n) is 10.4. The van der Waals surface area contributed by atoms with Gasteiger partial charge < -0.3 is 28.8 Å². The van der Waals surface area contributed by atoms with Crippen molar-refractivity contribution < 1.29 is 43.2 Å². The molecule has 43 heavy (non-hydrogen) atoms. The molecule has 2 aliphatic heterocycles. The Morgan fingerprint density at radius 1 is 1.09 bits per heavy atom. The van der Waals surface area contributed by atoms with Crippen molar-refractivity contribution in [2.75, 3.05) is 38.9 Å². The van der Waals surface area contributed by atoms with Crippen LogP contribution in [-0.4, -0.2) is 61.8 Å². The van der Waals surface area contributed by atoms with Crippen molar-refractivity contribution in [3.8, 4) is 23.0 Å². The number of hydrogen-bond acceptors (Lipinski definition) is 11. The molecule has 2 aliphatic rings. The minimum atomic E-state index is -1.11. The quantitative estimate of drug-likeness (QED) is 0.152. The van der Waals surface area contributed by atoms with Gasteiger partial charge in [-0.15, -0.1) is 0 Å². The van der Waals surface area contributed by atoms with Crippen molar-refractivity contribution in [1.82, 2.24) is 4.98 Å². The van der Waals surface area contributed by atoms with Gasteiger partial charge in [0.05, 0.1) is 38.1 Å². The summed E-state index contributed by atoms with van der Waals surface area (Å²) in [6.07, 6.45) is 0.840. The van der Waals surface area contributed by atoms with E-state index < -0.39 is 29.5 Å². The molecule has 1 fully saturated rings. The molecule has 1 atom stereocenters. The molecule has 3 heterocycles. The van der Waals surface area contributed by atoms with Gasteiger partial charge in [-0.3, -0.25) is 14.5 Å². The molecule has 1 saturated heterocycles. The maximum absolute atomic E-state index is 13.6. The average Bonchev–Trinajstić information content (AvgIpc) is 3.52. The lowest BCUT2D eigenvalue weighted by molar-refractivity contribution is -0.132. The number of aryl methyl sites for hydroxylation is 1. The fourth-order valence-electron chi connectivity index (χ4n) is 4.84. The number of anilines is 1. The molecule has 0 aliphatic carbocycles. The summed E-state index contributed by atoms with van der Waals surface area (Å²) in [5.74, 6) is -0.606. The minimum absolute atomic E-state index is 0.0995. The summed E-state index contributed by atoms with van der Waals surface area (Å²) < 4.78 is 27.7. The number of ketones is 1. The molecule has 0 radical (unpaired) electrons.